The van der Waals surface area contributed by atoms with Crippen molar-refractivity contribution in [2.24, 2.45) is 0 Å². The van der Waals surface area contributed by atoms with Crippen LogP contribution in [-0.2, 0) is 4.79 Å². The van der Waals surface area contributed by atoms with Crippen LogP contribution in [0, 0.1) is 0 Å². The van der Waals surface area contributed by atoms with E-state index >= 15 is 0 Å². The highest BCUT2D eigenvalue weighted by Gasteiger charge is 2.17. The second kappa shape index (κ2) is 6.69. The van der Waals surface area contributed by atoms with Gasteiger partial charge >= 0.3 is 0 Å². The molecule has 0 bridgehead atoms. The third kappa shape index (κ3) is 5.00. The van der Waals surface area contributed by atoms with Gasteiger partial charge in [-0.1, -0.05) is 6.92 Å². The number of carbonyl (C=O) groups excluding carboxylic acids is 1. The summed E-state index contributed by atoms with van der Waals surface area (Å²) in [6.45, 7) is 6.42. The zero-order chi connectivity index (χ0) is 13.6. The van der Waals surface area contributed by atoms with E-state index in [0.717, 1.165) is 12.1 Å². The largest absolute Gasteiger partial charge is 0.376 e. The molecular formula is C14H22N2OS. The summed E-state index contributed by atoms with van der Waals surface area (Å²) >= 11 is 1.71. The van der Waals surface area contributed by atoms with E-state index in [1.165, 1.54) is 4.90 Å². The number of amides is 1. The first kappa shape index (κ1) is 14.9. The van der Waals surface area contributed by atoms with E-state index in [0.29, 0.717) is 6.54 Å². The Morgan fingerprint density at radius 1 is 1.28 bits per heavy atom. The minimum Gasteiger partial charge on any atom is -0.376 e. The summed E-state index contributed by atoms with van der Waals surface area (Å²) in [5, 5.41) is 6.11. The van der Waals surface area contributed by atoms with Crippen molar-refractivity contribution in [3.05, 3.63) is 24.3 Å². The highest BCUT2D eigenvalue weighted by Crippen LogP contribution is 2.17. The average molecular weight is 266 g/mol. The second-order valence-corrected chi connectivity index (χ2v) is 5.75. The van der Waals surface area contributed by atoms with Crippen LogP contribution in [0.15, 0.2) is 29.2 Å². The first-order chi connectivity index (χ1) is 8.46. The fraction of sp³-hybridized carbons (Fsp3) is 0.500. The van der Waals surface area contributed by atoms with Gasteiger partial charge in [-0.25, -0.2) is 0 Å². The summed E-state index contributed by atoms with van der Waals surface area (Å²) in [6, 6.07) is 8.07. The van der Waals surface area contributed by atoms with Crippen LogP contribution in [0.25, 0.3) is 0 Å². The van der Waals surface area contributed by atoms with Crippen LogP contribution >= 0.6 is 11.8 Å². The van der Waals surface area contributed by atoms with Gasteiger partial charge in [-0.2, -0.15) is 0 Å². The van der Waals surface area contributed by atoms with Gasteiger partial charge in [0.2, 0.25) is 5.91 Å². The summed E-state index contributed by atoms with van der Waals surface area (Å²) in [6.07, 6.45) is 2.96. The molecule has 0 atom stereocenters. The van der Waals surface area contributed by atoms with Crippen LogP contribution in [0.5, 0.6) is 0 Å². The molecule has 0 saturated carbocycles. The van der Waals surface area contributed by atoms with Crippen molar-refractivity contribution in [1.29, 1.82) is 0 Å². The molecule has 0 spiro atoms. The Bertz CT molecular complexity index is 387. The summed E-state index contributed by atoms with van der Waals surface area (Å²) in [4.78, 5) is 13.0. The predicted molar refractivity (Wildman–Crippen MR) is 79.2 cm³/mol. The Kier molecular flexibility index (Phi) is 5.54. The molecule has 0 unspecified atom stereocenters. The molecule has 18 heavy (non-hydrogen) atoms. The van der Waals surface area contributed by atoms with Crippen molar-refractivity contribution < 1.29 is 4.79 Å². The molecule has 1 amide bonds. The van der Waals surface area contributed by atoms with Crippen molar-refractivity contribution in [2.75, 3.05) is 18.1 Å². The molecule has 0 heterocycles. The summed E-state index contributed by atoms with van der Waals surface area (Å²) in [5.74, 6) is 0.0239. The van der Waals surface area contributed by atoms with Crippen molar-refractivity contribution in [3.8, 4) is 0 Å². The van der Waals surface area contributed by atoms with Crippen LogP contribution in [0.3, 0.4) is 0 Å². The Hall–Kier alpha value is -1.16. The number of hydrogen-bond acceptors (Lipinski definition) is 3. The molecule has 0 aromatic heterocycles. The first-order valence-electron chi connectivity index (χ1n) is 6.16. The number of thioether (sulfide) groups is 1. The van der Waals surface area contributed by atoms with Crippen molar-refractivity contribution in [2.45, 2.75) is 37.6 Å². The molecule has 1 aromatic carbocycles. The van der Waals surface area contributed by atoms with Crippen molar-refractivity contribution in [1.82, 2.24) is 5.32 Å². The molecule has 1 aromatic rings. The van der Waals surface area contributed by atoms with Gasteiger partial charge in [0.25, 0.3) is 0 Å². The van der Waals surface area contributed by atoms with Gasteiger partial charge < -0.3 is 10.6 Å². The summed E-state index contributed by atoms with van der Waals surface area (Å²) in [5.41, 5.74) is 0.832. The van der Waals surface area contributed by atoms with Crippen molar-refractivity contribution >= 4 is 23.4 Å². The molecular weight excluding hydrogens is 244 g/mol. The Labute approximate surface area is 114 Å². The number of benzene rings is 1. The van der Waals surface area contributed by atoms with Crippen LogP contribution in [0.2, 0.25) is 0 Å². The molecule has 0 aliphatic heterocycles. The number of nitrogens with one attached hydrogen (secondary N) is 2. The fourth-order valence-electron chi connectivity index (χ4n) is 1.40. The number of rotatable bonds is 6. The third-order valence-corrected chi connectivity index (χ3v) is 3.65. The normalized spacial score (nSPS) is 11.1. The fourth-order valence-corrected chi connectivity index (χ4v) is 1.81. The molecule has 4 heteroatoms. The molecule has 1 rings (SSSR count). The maximum Gasteiger partial charge on any atom is 0.239 e. The zero-order valence-electron chi connectivity index (χ0n) is 11.5. The monoisotopic (exact) mass is 266 g/mol. The van der Waals surface area contributed by atoms with Gasteiger partial charge in [0.1, 0.15) is 0 Å². The molecule has 0 saturated heterocycles. The Morgan fingerprint density at radius 2 is 1.89 bits per heavy atom. The molecule has 0 aliphatic carbocycles. The van der Waals surface area contributed by atoms with Gasteiger partial charge in [-0.05, 0) is 50.8 Å². The molecule has 100 valence electrons. The SMILES string of the molecule is CCC(C)(C)NC(=O)CNc1ccc(SC)cc1. The van der Waals surface area contributed by atoms with Gasteiger partial charge in [-0.3, -0.25) is 4.79 Å². The molecule has 0 radical (unpaired) electrons. The lowest BCUT2D eigenvalue weighted by atomic mass is 10.0. The minimum absolute atomic E-state index is 0.0239. The first-order valence-corrected chi connectivity index (χ1v) is 7.38. The smallest absolute Gasteiger partial charge is 0.239 e. The van der Waals surface area contributed by atoms with Crippen LogP contribution in [0.4, 0.5) is 5.69 Å². The lowest BCUT2D eigenvalue weighted by Crippen LogP contribution is -2.45. The Balaban J connectivity index is 2.42. The number of hydrogen-bond donors (Lipinski definition) is 2. The molecule has 3 nitrogen and oxygen atoms in total. The standard InChI is InChI=1S/C14H22N2OS/c1-5-14(2,3)16-13(17)10-15-11-6-8-12(18-4)9-7-11/h6-9,15H,5,10H2,1-4H3,(H,16,17). The maximum atomic E-state index is 11.7. The predicted octanol–water partition coefficient (Wildman–Crippen LogP) is 3.13. The van der Waals surface area contributed by atoms with Crippen LogP contribution < -0.4 is 10.6 Å². The highest BCUT2D eigenvalue weighted by molar-refractivity contribution is 7.98. The van der Waals surface area contributed by atoms with E-state index in [1.807, 2.05) is 44.4 Å². The topological polar surface area (TPSA) is 41.1 Å². The van der Waals surface area contributed by atoms with E-state index in [4.69, 9.17) is 0 Å². The van der Waals surface area contributed by atoms with Gasteiger partial charge in [0.05, 0.1) is 6.54 Å². The average Bonchev–Trinajstić information content (AvgIpc) is 2.36. The second-order valence-electron chi connectivity index (χ2n) is 4.87. The van der Waals surface area contributed by atoms with Crippen molar-refractivity contribution in [3.63, 3.8) is 0 Å². The Morgan fingerprint density at radius 3 is 2.39 bits per heavy atom. The van der Waals surface area contributed by atoms with E-state index < -0.39 is 0 Å². The summed E-state index contributed by atoms with van der Waals surface area (Å²) in [7, 11) is 0. The maximum absolute atomic E-state index is 11.7. The van der Waals surface area contributed by atoms with E-state index in [9.17, 15) is 4.79 Å². The molecule has 0 aliphatic rings. The molecule has 2 N–H and O–H groups in total. The zero-order valence-corrected chi connectivity index (χ0v) is 12.4. The molecule has 0 fully saturated rings. The third-order valence-electron chi connectivity index (χ3n) is 2.90. The number of anilines is 1. The van der Waals surface area contributed by atoms with E-state index in [1.54, 1.807) is 11.8 Å². The highest BCUT2D eigenvalue weighted by atomic mass is 32.2. The number of carbonyl (C=O) groups is 1. The lowest BCUT2D eigenvalue weighted by molar-refractivity contribution is -0.121. The van der Waals surface area contributed by atoms with Crippen LogP contribution in [0.1, 0.15) is 27.2 Å². The quantitative estimate of drug-likeness (QED) is 0.777. The van der Waals surface area contributed by atoms with E-state index in [2.05, 4.69) is 17.6 Å². The summed E-state index contributed by atoms with van der Waals surface area (Å²) < 4.78 is 0. The van der Waals surface area contributed by atoms with Gasteiger partial charge in [0.15, 0.2) is 0 Å². The van der Waals surface area contributed by atoms with Gasteiger partial charge in [0, 0.05) is 16.1 Å². The lowest BCUT2D eigenvalue weighted by Gasteiger charge is -2.24. The minimum atomic E-state index is -0.137. The van der Waals surface area contributed by atoms with Gasteiger partial charge in [-0.15, -0.1) is 11.8 Å². The van der Waals surface area contributed by atoms with E-state index in [-0.39, 0.29) is 11.4 Å². The van der Waals surface area contributed by atoms with Crippen LogP contribution in [-0.4, -0.2) is 24.2 Å².